The number of halogens is 1. The number of carbonyl (C=O) groups is 1. The van der Waals surface area contributed by atoms with Crippen LogP contribution in [0.25, 0.3) is 0 Å². The number of nitrogens with one attached hydrogen (secondary N) is 1. The second-order valence-electron chi connectivity index (χ2n) is 3.43. The smallest absolute Gasteiger partial charge is 0.248 e. The molecule has 3 N–H and O–H groups in total. The second-order valence-corrected chi connectivity index (χ2v) is 3.87. The molecular formula is C12H10ClN3O. The number of rotatable bonds is 3. The average molecular weight is 248 g/mol. The molecule has 0 aliphatic rings. The molecule has 0 aliphatic carbocycles. The van der Waals surface area contributed by atoms with Crippen LogP contribution in [0.15, 0.2) is 42.6 Å². The summed E-state index contributed by atoms with van der Waals surface area (Å²) in [5.74, 6) is 0.189. The quantitative estimate of drug-likeness (QED) is 0.876. The van der Waals surface area contributed by atoms with Gasteiger partial charge in [-0.3, -0.25) is 4.79 Å². The van der Waals surface area contributed by atoms with E-state index in [2.05, 4.69) is 10.3 Å². The number of hydrogen-bond donors (Lipinski definition) is 2. The SMILES string of the molecule is NC(=O)c1cccc(Nc2ccc(Cl)cn2)c1. The van der Waals surface area contributed by atoms with Crippen molar-refractivity contribution in [2.24, 2.45) is 5.73 Å². The van der Waals surface area contributed by atoms with Crippen LogP contribution in [0.2, 0.25) is 5.02 Å². The molecule has 4 nitrogen and oxygen atoms in total. The number of aromatic nitrogens is 1. The molecule has 0 atom stereocenters. The number of amides is 1. The van der Waals surface area contributed by atoms with E-state index in [1.54, 1.807) is 36.5 Å². The van der Waals surface area contributed by atoms with E-state index in [0.29, 0.717) is 16.4 Å². The fourth-order valence-electron chi connectivity index (χ4n) is 1.35. The predicted molar refractivity (Wildman–Crippen MR) is 67.5 cm³/mol. The molecule has 0 spiro atoms. The summed E-state index contributed by atoms with van der Waals surface area (Å²) < 4.78 is 0. The molecule has 0 saturated heterocycles. The first kappa shape index (κ1) is 11.4. The first-order valence-corrected chi connectivity index (χ1v) is 5.31. The molecule has 0 bridgehead atoms. The number of hydrogen-bond acceptors (Lipinski definition) is 3. The maximum absolute atomic E-state index is 11.0. The van der Waals surface area contributed by atoms with Crippen molar-refractivity contribution in [3.05, 3.63) is 53.2 Å². The Morgan fingerprint density at radius 1 is 1.29 bits per heavy atom. The molecule has 86 valence electrons. The van der Waals surface area contributed by atoms with Gasteiger partial charge in [-0.15, -0.1) is 0 Å². The van der Waals surface area contributed by atoms with Crippen LogP contribution >= 0.6 is 11.6 Å². The summed E-state index contributed by atoms with van der Waals surface area (Å²) in [6.07, 6.45) is 1.54. The maximum atomic E-state index is 11.0. The second kappa shape index (κ2) is 4.84. The Labute approximate surface area is 103 Å². The zero-order chi connectivity index (χ0) is 12.3. The van der Waals surface area contributed by atoms with E-state index >= 15 is 0 Å². The van der Waals surface area contributed by atoms with Crippen LogP contribution in [0, 0.1) is 0 Å². The molecule has 1 aromatic heterocycles. The Morgan fingerprint density at radius 2 is 2.12 bits per heavy atom. The molecule has 2 rings (SSSR count). The molecule has 1 aromatic carbocycles. The summed E-state index contributed by atoms with van der Waals surface area (Å²) in [4.78, 5) is 15.1. The molecule has 0 aliphatic heterocycles. The highest BCUT2D eigenvalue weighted by Crippen LogP contribution is 2.17. The number of nitrogens with two attached hydrogens (primary N) is 1. The lowest BCUT2D eigenvalue weighted by atomic mass is 10.2. The molecule has 1 amide bonds. The van der Waals surface area contributed by atoms with Gasteiger partial charge in [0.1, 0.15) is 5.82 Å². The van der Waals surface area contributed by atoms with Crippen LogP contribution in [-0.2, 0) is 0 Å². The number of carbonyl (C=O) groups excluding carboxylic acids is 1. The minimum Gasteiger partial charge on any atom is -0.366 e. The van der Waals surface area contributed by atoms with Crippen molar-refractivity contribution in [2.45, 2.75) is 0 Å². The number of nitrogens with zero attached hydrogens (tertiary/aromatic N) is 1. The van der Waals surface area contributed by atoms with E-state index in [0.717, 1.165) is 5.69 Å². The Kier molecular flexibility index (Phi) is 3.25. The minimum absolute atomic E-state index is 0.448. The molecule has 1 heterocycles. The zero-order valence-electron chi connectivity index (χ0n) is 8.85. The summed E-state index contributed by atoms with van der Waals surface area (Å²) in [5.41, 5.74) is 6.39. The van der Waals surface area contributed by atoms with Crippen LogP contribution in [0.1, 0.15) is 10.4 Å². The van der Waals surface area contributed by atoms with Crippen molar-refractivity contribution >= 4 is 29.0 Å². The highest BCUT2D eigenvalue weighted by atomic mass is 35.5. The molecule has 2 aromatic rings. The van der Waals surface area contributed by atoms with Crippen molar-refractivity contribution < 1.29 is 4.79 Å². The van der Waals surface area contributed by atoms with E-state index in [4.69, 9.17) is 17.3 Å². The highest BCUT2D eigenvalue weighted by Gasteiger charge is 2.01. The lowest BCUT2D eigenvalue weighted by Crippen LogP contribution is -2.10. The van der Waals surface area contributed by atoms with Gasteiger partial charge in [-0.2, -0.15) is 0 Å². The third kappa shape index (κ3) is 2.95. The van der Waals surface area contributed by atoms with Crippen LogP contribution in [0.4, 0.5) is 11.5 Å². The van der Waals surface area contributed by atoms with Gasteiger partial charge < -0.3 is 11.1 Å². The summed E-state index contributed by atoms with van der Waals surface area (Å²) in [6.45, 7) is 0. The van der Waals surface area contributed by atoms with Gasteiger partial charge in [0.15, 0.2) is 0 Å². The number of benzene rings is 1. The monoisotopic (exact) mass is 247 g/mol. The van der Waals surface area contributed by atoms with Crippen molar-refractivity contribution in [3.8, 4) is 0 Å². The third-order valence-electron chi connectivity index (χ3n) is 2.15. The van der Waals surface area contributed by atoms with Crippen molar-refractivity contribution in [1.82, 2.24) is 4.98 Å². The van der Waals surface area contributed by atoms with E-state index in [-0.39, 0.29) is 0 Å². The summed E-state index contributed by atoms with van der Waals surface area (Å²) in [6, 6.07) is 10.4. The normalized spacial score (nSPS) is 9.94. The molecule has 5 heteroatoms. The molecule has 0 saturated carbocycles. The van der Waals surface area contributed by atoms with Gasteiger partial charge in [-0.05, 0) is 30.3 Å². The topological polar surface area (TPSA) is 68.0 Å². The van der Waals surface area contributed by atoms with E-state index in [9.17, 15) is 4.79 Å². The van der Waals surface area contributed by atoms with Crippen molar-refractivity contribution in [1.29, 1.82) is 0 Å². The lowest BCUT2D eigenvalue weighted by Gasteiger charge is -2.06. The highest BCUT2D eigenvalue weighted by molar-refractivity contribution is 6.30. The third-order valence-corrected chi connectivity index (χ3v) is 2.37. The Hall–Kier alpha value is -2.07. The van der Waals surface area contributed by atoms with Crippen LogP contribution < -0.4 is 11.1 Å². The Bertz CT molecular complexity index is 540. The van der Waals surface area contributed by atoms with Gasteiger partial charge in [0.2, 0.25) is 5.91 Å². The minimum atomic E-state index is -0.460. The Balaban J connectivity index is 2.21. The standard InChI is InChI=1S/C12H10ClN3O/c13-9-4-5-11(15-7-9)16-10-3-1-2-8(6-10)12(14)17/h1-7H,(H2,14,17)(H,15,16). The number of pyridine rings is 1. The first-order chi connectivity index (χ1) is 8.15. The largest absolute Gasteiger partial charge is 0.366 e. The predicted octanol–water partition coefficient (Wildman–Crippen LogP) is 2.58. The fourth-order valence-corrected chi connectivity index (χ4v) is 1.46. The fraction of sp³-hybridized carbons (Fsp3) is 0. The van der Waals surface area contributed by atoms with E-state index in [1.165, 1.54) is 0 Å². The van der Waals surface area contributed by atoms with E-state index < -0.39 is 5.91 Å². The van der Waals surface area contributed by atoms with Gasteiger partial charge in [0.25, 0.3) is 0 Å². The van der Waals surface area contributed by atoms with Crippen LogP contribution in [-0.4, -0.2) is 10.9 Å². The van der Waals surface area contributed by atoms with Gasteiger partial charge in [0.05, 0.1) is 5.02 Å². The van der Waals surface area contributed by atoms with Gasteiger partial charge in [-0.1, -0.05) is 17.7 Å². The molecule has 0 radical (unpaired) electrons. The maximum Gasteiger partial charge on any atom is 0.248 e. The first-order valence-electron chi connectivity index (χ1n) is 4.93. The summed E-state index contributed by atoms with van der Waals surface area (Å²) >= 11 is 5.73. The molecule has 0 unspecified atom stereocenters. The van der Waals surface area contributed by atoms with Gasteiger partial charge >= 0.3 is 0 Å². The van der Waals surface area contributed by atoms with E-state index in [1.807, 2.05) is 6.07 Å². The average Bonchev–Trinajstić information content (AvgIpc) is 2.32. The summed E-state index contributed by atoms with van der Waals surface area (Å²) in [5, 5.41) is 3.62. The zero-order valence-corrected chi connectivity index (χ0v) is 9.61. The number of primary amides is 1. The summed E-state index contributed by atoms with van der Waals surface area (Å²) in [7, 11) is 0. The Morgan fingerprint density at radius 3 is 2.76 bits per heavy atom. The van der Waals surface area contributed by atoms with Crippen molar-refractivity contribution in [3.63, 3.8) is 0 Å². The molecule has 0 fully saturated rings. The van der Waals surface area contributed by atoms with Crippen LogP contribution in [0.3, 0.4) is 0 Å². The van der Waals surface area contributed by atoms with Gasteiger partial charge in [0, 0.05) is 17.4 Å². The number of anilines is 2. The van der Waals surface area contributed by atoms with Crippen LogP contribution in [0.5, 0.6) is 0 Å². The van der Waals surface area contributed by atoms with Crippen molar-refractivity contribution in [2.75, 3.05) is 5.32 Å². The lowest BCUT2D eigenvalue weighted by molar-refractivity contribution is 0.100. The van der Waals surface area contributed by atoms with Gasteiger partial charge in [-0.25, -0.2) is 4.98 Å². The molecule has 17 heavy (non-hydrogen) atoms. The molecular weight excluding hydrogens is 238 g/mol.